The van der Waals surface area contributed by atoms with Crippen molar-refractivity contribution in [1.29, 1.82) is 0 Å². The quantitative estimate of drug-likeness (QED) is 0.796. The van der Waals surface area contributed by atoms with Crippen LogP contribution in [0.3, 0.4) is 0 Å². The summed E-state index contributed by atoms with van der Waals surface area (Å²) in [4.78, 5) is 15.4. The van der Waals surface area contributed by atoms with Crippen molar-refractivity contribution in [3.05, 3.63) is 46.8 Å². The predicted molar refractivity (Wildman–Crippen MR) is 60.4 cm³/mol. The molecule has 0 spiro atoms. The Hall–Kier alpha value is -2.37. The highest BCUT2D eigenvalue weighted by Crippen LogP contribution is 2.20. The fourth-order valence-electron chi connectivity index (χ4n) is 1.23. The maximum atomic E-state index is 13.2. The lowest BCUT2D eigenvalue weighted by Crippen LogP contribution is -2.18. The summed E-state index contributed by atoms with van der Waals surface area (Å²) in [7, 11) is 1.57. The molecular formula is C11H10FN3O2. The summed E-state index contributed by atoms with van der Waals surface area (Å²) in [5, 5.41) is 0. The van der Waals surface area contributed by atoms with E-state index < -0.39 is 11.4 Å². The van der Waals surface area contributed by atoms with Gasteiger partial charge >= 0.3 is 5.56 Å². The van der Waals surface area contributed by atoms with E-state index in [9.17, 15) is 9.18 Å². The highest BCUT2D eigenvalue weighted by atomic mass is 19.1. The summed E-state index contributed by atoms with van der Waals surface area (Å²) in [6, 6.07) is 3.92. The summed E-state index contributed by atoms with van der Waals surface area (Å²) >= 11 is 0. The average Bonchev–Trinajstić information content (AvgIpc) is 2.30. The van der Waals surface area contributed by atoms with Crippen LogP contribution in [-0.4, -0.2) is 9.55 Å². The fourth-order valence-corrected chi connectivity index (χ4v) is 1.23. The molecule has 0 aliphatic rings. The number of ether oxygens (including phenoxy) is 1. The maximum Gasteiger partial charge on any atom is 0.313 e. The zero-order valence-electron chi connectivity index (χ0n) is 9.05. The third-order valence-corrected chi connectivity index (χ3v) is 2.17. The van der Waals surface area contributed by atoms with E-state index in [1.165, 1.54) is 29.1 Å². The van der Waals surface area contributed by atoms with Crippen LogP contribution in [0.25, 0.3) is 0 Å². The monoisotopic (exact) mass is 235 g/mol. The van der Waals surface area contributed by atoms with Gasteiger partial charge in [0.15, 0.2) is 0 Å². The van der Waals surface area contributed by atoms with Crippen molar-refractivity contribution < 1.29 is 9.13 Å². The first-order valence-electron chi connectivity index (χ1n) is 4.82. The molecule has 0 saturated carbocycles. The third-order valence-electron chi connectivity index (χ3n) is 2.17. The number of anilines is 1. The second kappa shape index (κ2) is 4.25. The topological polar surface area (TPSA) is 70.1 Å². The van der Waals surface area contributed by atoms with Crippen LogP contribution < -0.4 is 16.0 Å². The molecule has 1 aromatic carbocycles. The van der Waals surface area contributed by atoms with Gasteiger partial charge in [0.1, 0.15) is 11.6 Å². The molecule has 0 saturated heterocycles. The van der Waals surface area contributed by atoms with Crippen LogP contribution in [0.5, 0.6) is 11.6 Å². The van der Waals surface area contributed by atoms with E-state index in [4.69, 9.17) is 10.5 Å². The molecule has 0 unspecified atom stereocenters. The van der Waals surface area contributed by atoms with Crippen LogP contribution >= 0.6 is 0 Å². The smallest absolute Gasteiger partial charge is 0.313 e. The first kappa shape index (κ1) is 11.1. The Labute approximate surface area is 96.3 Å². The largest absolute Gasteiger partial charge is 0.435 e. The van der Waals surface area contributed by atoms with E-state index in [2.05, 4.69) is 4.98 Å². The van der Waals surface area contributed by atoms with Gasteiger partial charge in [-0.15, -0.1) is 0 Å². The van der Waals surface area contributed by atoms with Crippen molar-refractivity contribution in [1.82, 2.24) is 9.55 Å². The van der Waals surface area contributed by atoms with Gasteiger partial charge < -0.3 is 15.0 Å². The summed E-state index contributed by atoms with van der Waals surface area (Å²) in [5.74, 6) is -0.540. The normalized spacial score (nSPS) is 10.2. The Kier molecular flexibility index (Phi) is 2.78. The molecule has 2 N–H and O–H groups in total. The lowest BCUT2D eigenvalue weighted by molar-refractivity contribution is 0.445. The van der Waals surface area contributed by atoms with E-state index in [0.717, 1.165) is 6.07 Å². The number of nitrogens with zero attached hydrogens (tertiary/aromatic N) is 2. The first-order chi connectivity index (χ1) is 8.08. The van der Waals surface area contributed by atoms with Crippen LogP contribution in [0.1, 0.15) is 0 Å². The lowest BCUT2D eigenvalue weighted by Gasteiger charge is -2.05. The minimum absolute atomic E-state index is 0.0197. The predicted octanol–water partition coefficient (Wildman–Crippen LogP) is 1.29. The van der Waals surface area contributed by atoms with Gasteiger partial charge in [0.25, 0.3) is 5.88 Å². The summed E-state index contributed by atoms with van der Waals surface area (Å²) in [6.07, 6.45) is 2.92. The van der Waals surface area contributed by atoms with Gasteiger partial charge in [-0.25, -0.2) is 9.37 Å². The van der Waals surface area contributed by atoms with Crippen LogP contribution in [0.4, 0.5) is 10.1 Å². The molecule has 0 radical (unpaired) electrons. The summed E-state index contributed by atoms with van der Waals surface area (Å²) in [5.41, 5.74) is 4.95. The highest BCUT2D eigenvalue weighted by molar-refractivity contribution is 5.44. The molecule has 6 heteroatoms. The van der Waals surface area contributed by atoms with Gasteiger partial charge in [-0.05, 0) is 12.1 Å². The zero-order valence-corrected chi connectivity index (χ0v) is 9.05. The van der Waals surface area contributed by atoms with E-state index >= 15 is 0 Å². The van der Waals surface area contributed by atoms with Gasteiger partial charge in [-0.3, -0.25) is 4.79 Å². The molecule has 0 atom stereocenters. The fraction of sp³-hybridized carbons (Fsp3) is 0.0909. The molecule has 1 aromatic heterocycles. The molecule has 0 fully saturated rings. The number of benzene rings is 1. The Morgan fingerprint density at radius 2 is 2.24 bits per heavy atom. The number of hydrogen-bond donors (Lipinski definition) is 1. The van der Waals surface area contributed by atoms with Crippen LogP contribution in [0.2, 0.25) is 0 Å². The van der Waals surface area contributed by atoms with Crippen LogP contribution in [-0.2, 0) is 7.05 Å². The van der Waals surface area contributed by atoms with Crippen molar-refractivity contribution in [3.63, 3.8) is 0 Å². The Bertz CT molecular complexity index is 610. The maximum absolute atomic E-state index is 13.2. The second-order valence-corrected chi connectivity index (χ2v) is 3.43. The zero-order chi connectivity index (χ0) is 12.4. The van der Waals surface area contributed by atoms with Crippen molar-refractivity contribution in [2.24, 2.45) is 7.05 Å². The van der Waals surface area contributed by atoms with E-state index in [-0.39, 0.29) is 17.3 Å². The highest BCUT2D eigenvalue weighted by Gasteiger charge is 2.07. The number of aryl methyl sites for hydroxylation is 1. The Morgan fingerprint density at radius 3 is 2.94 bits per heavy atom. The molecular weight excluding hydrogens is 225 g/mol. The SMILES string of the molecule is Cn1ccnc(Oc2ccc(N)c(F)c2)c1=O. The van der Waals surface area contributed by atoms with Gasteiger partial charge in [0.2, 0.25) is 0 Å². The summed E-state index contributed by atoms with van der Waals surface area (Å²) < 4.78 is 19.7. The van der Waals surface area contributed by atoms with Crippen molar-refractivity contribution >= 4 is 5.69 Å². The second-order valence-electron chi connectivity index (χ2n) is 3.43. The van der Waals surface area contributed by atoms with Gasteiger partial charge in [0.05, 0.1) is 5.69 Å². The number of rotatable bonds is 2. The van der Waals surface area contributed by atoms with Crippen LogP contribution in [0, 0.1) is 5.82 Å². The first-order valence-corrected chi connectivity index (χ1v) is 4.82. The molecule has 2 rings (SSSR count). The summed E-state index contributed by atoms with van der Waals surface area (Å²) in [6.45, 7) is 0. The number of aromatic nitrogens is 2. The van der Waals surface area contributed by atoms with Gasteiger partial charge in [-0.2, -0.15) is 0 Å². The van der Waals surface area contributed by atoms with Crippen molar-refractivity contribution in [2.45, 2.75) is 0 Å². The van der Waals surface area contributed by atoms with Gasteiger partial charge in [0, 0.05) is 25.5 Å². The minimum atomic E-state index is -0.602. The number of hydrogen-bond acceptors (Lipinski definition) is 4. The number of nitrogens with two attached hydrogens (primary N) is 1. The molecule has 88 valence electrons. The molecule has 0 aliphatic carbocycles. The minimum Gasteiger partial charge on any atom is -0.435 e. The molecule has 5 nitrogen and oxygen atoms in total. The molecule has 0 bridgehead atoms. The number of halogens is 1. The molecule has 0 aliphatic heterocycles. The van der Waals surface area contributed by atoms with E-state index in [0.29, 0.717) is 0 Å². The molecule has 17 heavy (non-hydrogen) atoms. The molecule has 1 heterocycles. The van der Waals surface area contributed by atoms with Gasteiger partial charge in [-0.1, -0.05) is 0 Å². The Morgan fingerprint density at radius 1 is 1.47 bits per heavy atom. The molecule has 0 amide bonds. The standard InChI is InChI=1S/C11H10FN3O2/c1-15-5-4-14-10(11(15)16)17-7-2-3-9(13)8(12)6-7/h2-6H,13H2,1H3. The van der Waals surface area contributed by atoms with Crippen LogP contribution in [0.15, 0.2) is 35.4 Å². The van der Waals surface area contributed by atoms with Crippen molar-refractivity contribution in [2.75, 3.05) is 5.73 Å². The average molecular weight is 235 g/mol. The molecule has 2 aromatic rings. The third kappa shape index (κ3) is 2.25. The van der Waals surface area contributed by atoms with E-state index in [1.807, 2.05) is 0 Å². The lowest BCUT2D eigenvalue weighted by atomic mass is 10.3. The number of nitrogen functional groups attached to an aromatic ring is 1. The van der Waals surface area contributed by atoms with Crippen molar-refractivity contribution in [3.8, 4) is 11.6 Å². The Balaban J connectivity index is 2.35. The van der Waals surface area contributed by atoms with E-state index in [1.54, 1.807) is 7.05 Å².